The fraction of sp³-hybridized carbons (Fsp3) is 0.129. The van der Waals surface area contributed by atoms with E-state index >= 15 is 0 Å². The Hall–Kier alpha value is -4.72. The summed E-state index contributed by atoms with van der Waals surface area (Å²) in [5, 5.41) is 8.84. The predicted octanol–water partition coefficient (Wildman–Crippen LogP) is 9.11. The molecule has 0 spiro atoms. The molecular formula is C31H25F3O5. The van der Waals surface area contributed by atoms with Crippen molar-refractivity contribution in [3.8, 4) is 34.5 Å². The van der Waals surface area contributed by atoms with Gasteiger partial charge in [0.2, 0.25) is 0 Å². The SMILES string of the molecule is Cc1cc(Oc2ccc(C=CC(=O)O)c(C)c2)cc(Oc2ccc(C(F)(F)F)cc2Oc2ccccc2C)c1. The lowest BCUT2D eigenvalue weighted by Crippen LogP contribution is -2.05. The maximum Gasteiger partial charge on any atom is 0.416 e. The van der Waals surface area contributed by atoms with E-state index in [9.17, 15) is 18.0 Å². The van der Waals surface area contributed by atoms with Crippen molar-refractivity contribution in [3.05, 3.63) is 113 Å². The van der Waals surface area contributed by atoms with Crippen molar-refractivity contribution in [2.75, 3.05) is 0 Å². The predicted molar refractivity (Wildman–Crippen MR) is 142 cm³/mol. The van der Waals surface area contributed by atoms with Crippen molar-refractivity contribution in [2.24, 2.45) is 0 Å². The first kappa shape index (κ1) is 27.3. The third-order valence-corrected chi connectivity index (χ3v) is 5.72. The summed E-state index contributed by atoms with van der Waals surface area (Å²) < 4.78 is 58.2. The van der Waals surface area contributed by atoms with E-state index in [0.717, 1.165) is 40.5 Å². The van der Waals surface area contributed by atoms with E-state index in [1.165, 1.54) is 12.1 Å². The molecule has 0 aliphatic rings. The van der Waals surface area contributed by atoms with E-state index in [1.807, 2.05) is 19.9 Å². The fourth-order valence-corrected chi connectivity index (χ4v) is 3.79. The number of hydrogen-bond acceptors (Lipinski definition) is 4. The van der Waals surface area contributed by atoms with Crippen LogP contribution in [0.5, 0.6) is 34.5 Å². The summed E-state index contributed by atoms with van der Waals surface area (Å²) in [6.07, 6.45) is -1.99. The highest BCUT2D eigenvalue weighted by atomic mass is 19.4. The average molecular weight is 535 g/mol. The molecule has 200 valence electrons. The number of benzene rings is 4. The number of halogens is 3. The minimum absolute atomic E-state index is 0.0799. The zero-order valence-corrected chi connectivity index (χ0v) is 21.4. The number of ether oxygens (including phenoxy) is 3. The molecule has 0 saturated heterocycles. The van der Waals surface area contributed by atoms with Gasteiger partial charge in [0.1, 0.15) is 23.0 Å². The van der Waals surface area contributed by atoms with Crippen LogP contribution in [-0.4, -0.2) is 11.1 Å². The maximum atomic E-state index is 13.4. The Labute approximate surface area is 223 Å². The maximum absolute atomic E-state index is 13.4. The molecule has 4 aromatic carbocycles. The van der Waals surface area contributed by atoms with Crippen molar-refractivity contribution in [2.45, 2.75) is 26.9 Å². The number of carboxylic acid groups (broad SMARTS) is 1. The van der Waals surface area contributed by atoms with Crippen LogP contribution in [0.25, 0.3) is 6.08 Å². The van der Waals surface area contributed by atoms with Gasteiger partial charge in [-0.05, 0) is 97.6 Å². The van der Waals surface area contributed by atoms with Crippen LogP contribution in [0.15, 0.2) is 84.9 Å². The largest absolute Gasteiger partial charge is 0.478 e. The molecule has 4 rings (SSSR count). The second-order valence-corrected chi connectivity index (χ2v) is 8.90. The van der Waals surface area contributed by atoms with Crippen LogP contribution < -0.4 is 14.2 Å². The normalized spacial score (nSPS) is 11.4. The lowest BCUT2D eigenvalue weighted by molar-refractivity contribution is -0.137. The lowest BCUT2D eigenvalue weighted by Gasteiger charge is -2.17. The van der Waals surface area contributed by atoms with Crippen LogP contribution >= 0.6 is 0 Å². The molecule has 0 fully saturated rings. The molecule has 0 aliphatic heterocycles. The van der Waals surface area contributed by atoms with Crippen LogP contribution in [0.3, 0.4) is 0 Å². The van der Waals surface area contributed by atoms with Gasteiger partial charge in [0.25, 0.3) is 0 Å². The number of carboxylic acids is 1. The van der Waals surface area contributed by atoms with Gasteiger partial charge in [-0.3, -0.25) is 0 Å². The fourth-order valence-electron chi connectivity index (χ4n) is 3.79. The van der Waals surface area contributed by atoms with E-state index in [0.29, 0.717) is 23.0 Å². The minimum Gasteiger partial charge on any atom is -0.478 e. The second kappa shape index (κ2) is 11.3. The Kier molecular flexibility index (Phi) is 7.95. The van der Waals surface area contributed by atoms with Gasteiger partial charge in [-0.1, -0.05) is 24.3 Å². The first-order valence-electron chi connectivity index (χ1n) is 11.9. The third kappa shape index (κ3) is 7.19. The van der Waals surface area contributed by atoms with E-state index < -0.39 is 17.7 Å². The summed E-state index contributed by atoms with van der Waals surface area (Å²) in [4.78, 5) is 10.8. The number of aliphatic carboxylic acids is 1. The van der Waals surface area contributed by atoms with E-state index in [4.69, 9.17) is 19.3 Å². The number of rotatable bonds is 8. The number of alkyl halides is 3. The summed E-state index contributed by atoms with van der Waals surface area (Å²) in [7, 11) is 0. The molecule has 0 aromatic heterocycles. The van der Waals surface area contributed by atoms with Crippen LogP contribution in [0.1, 0.15) is 27.8 Å². The van der Waals surface area contributed by atoms with Gasteiger partial charge >= 0.3 is 12.1 Å². The molecule has 0 saturated carbocycles. The Morgan fingerprint density at radius 3 is 2.10 bits per heavy atom. The van der Waals surface area contributed by atoms with Gasteiger partial charge in [0, 0.05) is 12.1 Å². The Morgan fingerprint density at radius 1 is 0.718 bits per heavy atom. The van der Waals surface area contributed by atoms with Gasteiger partial charge in [-0.2, -0.15) is 13.2 Å². The molecule has 0 heterocycles. The summed E-state index contributed by atoms with van der Waals surface area (Å²) in [5.74, 6) is 0.713. The zero-order chi connectivity index (χ0) is 28.2. The monoisotopic (exact) mass is 534 g/mol. The molecule has 39 heavy (non-hydrogen) atoms. The van der Waals surface area contributed by atoms with E-state index in [-0.39, 0.29) is 11.5 Å². The Bertz CT molecular complexity index is 1540. The number of aryl methyl sites for hydroxylation is 3. The molecule has 0 unspecified atom stereocenters. The smallest absolute Gasteiger partial charge is 0.416 e. The van der Waals surface area contributed by atoms with Crippen molar-refractivity contribution in [1.29, 1.82) is 0 Å². The van der Waals surface area contributed by atoms with E-state index in [2.05, 4.69) is 0 Å². The Morgan fingerprint density at radius 2 is 1.44 bits per heavy atom. The quantitative estimate of drug-likeness (QED) is 0.228. The van der Waals surface area contributed by atoms with Gasteiger partial charge in [0.05, 0.1) is 5.56 Å². The third-order valence-electron chi connectivity index (χ3n) is 5.72. The molecule has 0 bridgehead atoms. The highest BCUT2D eigenvalue weighted by Gasteiger charge is 2.32. The van der Waals surface area contributed by atoms with Crippen LogP contribution in [0.4, 0.5) is 13.2 Å². The second-order valence-electron chi connectivity index (χ2n) is 8.90. The van der Waals surface area contributed by atoms with Gasteiger partial charge in [-0.25, -0.2) is 4.79 Å². The van der Waals surface area contributed by atoms with Crippen LogP contribution in [0, 0.1) is 20.8 Å². The standard InChI is InChI=1S/C31H25F3O5/c1-19-14-25(37-24-11-8-22(21(3)16-24)9-13-30(35)36)18-26(15-19)38-28-12-10-23(31(32,33)34)17-29(28)39-27-7-5-4-6-20(27)2/h4-18H,1-3H3,(H,35,36). The molecule has 0 atom stereocenters. The first-order chi connectivity index (χ1) is 18.5. The molecule has 8 heteroatoms. The van der Waals surface area contributed by atoms with Crippen LogP contribution in [-0.2, 0) is 11.0 Å². The highest BCUT2D eigenvalue weighted by molar-refractivity contribution is 5.85. The lowest BCUT2D eigenvalue weighted by atomic mass is 10.1. The zero-order valence-electron chi connectivity index (χ0n) is 21.4. The summed E-state index contributed by atoms with van der Waals surface area (Å²) in [5.41, 5.74) is 2.25. The van der Waals surface area contributed by atoms with Crippen molar-refractivity contribution in [1.82, 2.24) is 0 Å². The highest BCUT2D eigenvalue weighted by Crippen LogP contribution is 2.41. The van der Waals surface area contributed by atoms with Crippen molar-refractivity contribution < 1.29 is 37.3 Å². The average Bonchev–Trinajstić information content (AvgIpc) is 2.85. The van der Waals surface area contributed by atoms with E-state index in [1.54, 1.807) is 61.5 Å². The molecule has 0 radical (unpaired) electrons. The molecule has 0 amide bonds. The first-order valence-corrected chi connectivity index (χ1v) is 11.9. The number of para-hydroxylation sites is 1. The van der Waals surface area contributed by atoms with Crippen LogP contribution in [0.2, 0.25) is 0 Å². The molecule has 1 N–H and O–H groups in total. The van der Waals surface area contributed by atoms with Gasteiger partial charge in [0.15, 0.2) is 11.5 Å². The number of carbonyl (C=O) groups is 1. The topological polar surface area (TPSA) is 65.0 Å². The summed E-state index contributed by atoms with van der Waals surface area (Å²) in [6.45, 7) is 5.46. The number of hydrogen-bond donors (Lipinski definition) is 1. The molecule has 5 nitrogen and oxygen atoms in total. The molecule has 4 aromatic rings. The van der Waals surface area contributed by atoms with Gasteiger partial charge < -0.3 is 19.3 Å². The van der Waals surface area contributed by atoms with Crippen molar-refractivity contribution in [3.63, 3.8) is 0 Å². The summed E-state index contributed by atoms with van der Waals surface area (Å²) in [6, 6.07) is 20.5. The minimum atomic E-state index is -4.55. The van der Waals surface area contributed by atoms with Crippen molar-refractivity contribution >= 4 is 12.0 Å². The summed E-state index contributed by atoms with van der Waals surface area (Å²) >= 11 is 0. The molecule has 0 aliphatic carbocycles. The van der Waals surface area contributed by atoms with Gasteiger partial charge in [-0.15, -0.1) is 0 Å². The Balaban J connectivity index is 1.62. The molecular weight excluding hydrogens is 509 g/mol.